The van der Waals surface area contributed by atoms with Gasteiger partial charge in [0.15, 0.2) is 0 Å². The molecule has 1 aliphatic heterocycles. The third kappa shape index (κ3) is 2.90. The van der Waals surface area contributed by atoms with Crippen LogP contribution < -0.4 is 5.32 Å². The first-order valence-electron chi connectivity index (χ1n) is 4.69. The summed E-state index contributed by atoms with van der Waals surface area (Å²) < 4.78 is 37.0. The second-order valence-electron chi connectivity index (χ2n) is 3.74. The normalized spacial score (nSPS) is 30.5. The first-order chi connectivity index (χ1) is 6.45. The molecule has 0 amide bonds. The maximum Gasteiger partial charge on any atom is 0.211 e. The van der Waals surface area contributed by atoms with Crippen LogP contribution in [0.1, 0.15) is 6.42 Å². The molecule has 0 aliphatic carbocycles. The van der Waals surface area contributed by atoms with E-state index in [4.69, 9.17) is 0 Å². The monoisotopic (exact) mass is 224 g/mol. The zero-order valence-electron chi connectivity index (χ0n) is 8.53. The van der Waals surface area contributed by atoms with Crippen molar-refractivity contribution in [3.8, 4) is 0 Å². The molecule has 0 saturated carbocycles. The fourth-order valence-electron chi connectivity index (χ4n) is 1.72. The third-order valence-electron chi connectivity index (χ3n) is 2.57. The molecule has 1 heterocycles. The van der Waals surface area contributed by atoms with Gasteiger partial charge < -0.3 is 5.32 Å². The minimum Gasteiger partial charge on any atom is -0.319 e. The second kappa shape index (κ2) is 4.55. The lowest BCUT2D eigenvalue weighted by atomic mass is 9.96. The van der Waals surface area contributed by atoms with Gasteiger partial charge in [-0.15, -0.1) is 0 Å². The Morgan fingerprint density at radius 1 is 1.57 bits per heavy atom. The summed E-state index contributed by atoms with van der Waals surface area (Å²) >= 11 is 0. The van der Waals surface area contributed by atoms with E-state index in [-0.39, 0.29) is 12.5 Å². The lowest BCUT2D eigenvalue weighted by molar-refractivity contribution is 0.133. The van der Waals surface area contributed by atoms with Crippen molar-refractivity contribution in [2.75, 3.05) is 32.9 Å². The number of hydrogen-bond donors (Lipinski definition) is 1. The lowest BCUT2D eigenvalue weighted by Crippen LogP contribution is -2.46. The van der Waals surface area contributed by atoms with E-state index in [1.165, 1.54) is 4.31 Å². The predicted octanol–water partition coefficient (Wildman–Crippen LogP) is -0.175. The average molecular weight is 224 g/mol. The van der Waals surface area contributed by atoms with Crippen LogP contribution in [0.2, 0.25) is 0 Å². The van der Waals surface area contributed by atoms with Gasteiger partial charge in [-0.3, -0.25) is 0 Å². The number of piperidine rings is 1. The Morgan fingerprint density at radius 3 is 2.64 bits per heavy atom. The highest BCUT2D eigenvalue weighted by Gasteiger charge is 2.32. The molecule has 14 heavy (non-hydrogen) atoms. The van der Waals surface area contributed by atoms with Crippen molar-refractivity contribution >= 4 is 10.0 Å². The zero-order valence-corrected chi connectivity index (χ0v) is 9.35. The average Bonchev–Trinajstić information content (AvgIpc) is 2.07. The molecule has 0 radical (unpaired) electrons. The molecule has 0 bridgehead atoms. The van der Waals surface area contributed by atoms with Crippen LogP contribution in [0, 0.1) is 5.92 Å². The van der Waals surface area contributed by atoms with Gasteiger partial charge in [-0.2, -0.15) is 4.31 Å². The first kappa shape index (κ1) is 11.9. The van der Waals surface area contributed by atoms with Crippen molar-refractivity contribution in [2.24, 2.45) is 5.92 Å². The lowest BCUT2D eigenvalue weighted by Gasteiger charge is -2.32. The van der Waals surface area contributed by atoms with Gasteiger partial charge in [0.05, 0.1) is 6.26 Å². The summed E-state index contributed by atoms with van der Waals surface area (Å²) in [7, 11) is -1.45. The minimum atomic E-state index is -3.22. The van der Waals surface area contributed by atoms with Gasteiger partial charge in [0.1, 0.15) is 6.17 Å². The molecule has 1 saturated heterocycles. The number of sulfonamides is 1. The molecule has 1 fully saturated rings. The van der Waals surface area contributed by atoms with Crippen molar-refractivity contribution in [3.63, 3.8) is 0 Å². The van der Waals surface area contributed by atoms with E-state index >= 15 is 0 Å². The van der Waals surface area contributed by atoms with E-state index in [0.717, 1.165) is 6.26 Å². The standard InChI is InChI=1S/C8H17FN2O2S/c1-10-5-7-3-4-11(6-8(7)9)14(2,12)13/h7-8,10H,3-6H2,1-2H3. The number of rotatable bonds is 3. The van der Waals surface area contributed by atoms with E-state index in [1.54, 1.807) is 7.05 Å². The third-order valence-corrected chi connectivity index (χ3v) is 3.84. The smallest absolute Gasteiger partial charge is 0.211 e. The number of alkyl halides is 1. The fourth-order valence-corrected chi connectivity index (χ4v) is 2.57. The molecule has 4 nitrogen and oxygen atoms in total. The first-order valence-corrected chi connectivity index (χ1v) is 6.53. The van der Waals surface area contributed by atoms with Gasteiger partial charge in [-0.1, -0.05) is 0 Å². The van der Waals surface area contributed by atoms with E-state index in [2.05, 4.69) is 5.32 Å². The molecule has 84 valence electrons. The van der Waals surface area contributed by atoms with Crippen LogP contribution in [-0.4, -0.2) is 51.8 Å². The molecule has 1 N–H and O–H groups in total. The van der Waals surface area contributed by atoms with E-state index in [9.17, 15) is 12.8 Å². The number of nitrogens with zero attached hydrogens (tertiary/aromatic N) is 1. The number of halogens is 1. The zero-order chi connectivity index (χ0) is 10.8. The van der Waals surface area contributed by atoms with Crippen LogP contribution in [0.25, 0.3) is 0 Å². The topological polar surface area (TPSA) is 49.4 Å². The molecule has 1 rings (SSSR count). The van der Waals surface area contributed by atoms with Crippen LogP contribution in [0.3, 0.4) is 0 Å². The van der Waals surface area contributed by atoms with Crippen molar-refractivity contribution in [3.05, 3.63) is 0 Å². The SMILES string of the molecule is CNCC1CCN(S(C)(=O)=O)CC1F. The van der Waals surface area contributed by atoms with Crippen LogP contribution in [0.4, 0.5) is 4.39 Å². The van der Waals surface area contributed by atoms with Gasteiger partial charge >= 0.3 is 0 Å². The highest BCUT2D eigenvalue weighted by molar-refractivity contribution is 7.88. The van der Waals surface area contributed by atoms with Crippen molar-refractivity contribution in [1.82, 2.24) is 9.62 Å². The Morgan fingerprint density at radius 2 is 2.21 bits per heavy atom. The summed E-state index contributed by atoms with van der Waals surface area (Å²) in [5.41, 5.74) is 0. The molecule has 0 aromatic carbocycles. The van der Waals surface area contributed by atoms with E-state index < -0.39 is 16.2 Å². The van der Waals surface area contributed by atoms with Crippen LogP contribution in [-0.2, 0) is 10.0 Å². The fraction of sp³-hybridized carbons (Fsp3) is 1.00. The Labute approximate surface area is 84.5 Å². The van der Waals surface area contributed by atoms with Gasteiger partial charge in [-0.05, 0) is 13.5 Å². The van der Waals surface area contributed by atoms with Gasteiger partial charge in [0.25, 0.3) is 0 Å². The number of hydrogen-bond acceptors (Lipinski definition) is 3. The predicted molar refractivity (Wildman–Crippen MR) is 53.3 cm³/mol. The Hall–Kier alpha value is -0.200. The second-order valence-corrected chi connectivity index (χ2v) is 5.73. The van der Waals surface area contributed by atoms with E-state index in [0.29, 0.717) is 19.5 Å². The molecule has 0 spiro atoms. The largest absolute Gasteiger partial charge is 0.319 e. The van der Waals surface area contributed by atoms with Gasteiger partial charge in [0.2, 0.25) is 10.0 Å². The molecule has 6 heteroatoms. The summed E-state index contributed by atoms with van der Waals surface area (Å²) in [4.78, 5) is 0. The molecule has 2 unspecified atom stereocenters. The molecule has 1 aliphatic rings. The van der Waals surface area contributed by atoms with Crippen molar-refractivity contribution in [2.45, 2.75) is 12.6 Å². The quantitative estimate of drug-likeness (QED) is 0.724. The molecule has 0 aromatic rings. The maximum absolute atomic E-state index is 13.5. The molecule has 2 atom stereocenters. The van der Waals surface area contributed by atoms with Crippen LogP contribution in [0.5, 0.6) is 0 Å². The molecule has 0 aromatic heterocycles. The highest BCUT2D eigenvalue weighted by Crippen LogP contribution is 2.21. The summed E-state index contributed by atoms with van der Waals surface area (Å²) in [6.07, 6.45) is 0.665. The summed E-state index contributed by atoms with van der Waals surface area (Å²) in [6, 6.07) is 0. The van der Waals surface area contributed by atoms with Crippen molar-refractivity contribution in [1.29, 1.82) is 0 Å². The summed E-state index contributed by atoms with van der Waals surface area (Å²) in [5, 5.41) is 2.91. The Balaban J connectivity index is 2.55. The van der Waals surface area contributed by atoms with Gasteiger partial charge in [0, 0.05) is 25.6 Å². The summed E-state index contributed by atoms with van der Waals surface area (Å²) in [5.74, 6) is -0.0574. The van der Waals surface area contributed by atoms with Gasteiger partial charge in [-0.25, -0.2) is 12.8 Å². The maximum atomic E-state index is 13.5. The highest BCUT2D eigenvalue weighted by atomic mass is 32.2. The summed E-state index contributed by atoms with van der Waals surface area (Å²) in [6.45, 7) is 1.05. The minimum absolute atomic E-state index is 0.00514. The Kier molecular flexibility index (Phi) is 3.86. The van der Waals surface area contributed by atoms with Crippen LogP contribution >= 0.6 is 0 Å². The van der Waals surface area contributed by atoms with E-state index in [1.807, 2.05) is 0 Å². The number of nitrogens with one attached hydrogen (secondary N) is 1. The molecular weight excluding hydrogens is 207 g/mol. The van der Waals surface area contributed by atoms with Crippen LogP contribution in [0.15, 0.2) is 0 Å². The van der Waals surface area contributed by atoms with Crippen molar-refractivity contribution < 1.29 is 12.8 Å². The molecular formula is C8H17FN2O2S. The Bertz CT molecular complexity index is 281.